The van der Waals surface area contributed by atoms with Crippen LogP contribution in [0.25, 0.3) is 11.0 Å². The highest BCUT2D eigenvalue weighted by Gasteiger charge is 2.39. The third kappa shape index (κ3) is 3.21. The molecule has 124 valence electrons. The molecule has 0 saturated carbocycles. The minimum absolute atomic E-state index is 0.0808. The first-order valence-electron chi connectivity index (χ1n) is 7.64. The third-order valence-corrected chi connectivity index (χ3v) is 6.42. The maximum atomic E-state index is 12.3. The van der Waals surface area contributed by atoms with Crippen molar-refractivity contribution in [3.8, 4) is 0 Å². The molecule has 1 aromatic carbocycles. The van der Waals surface area contributed by atoms with E-state index in [1.54, 1.807) is 9.58 Å². The Kier molecular flexibility index (Phi) is 4.09. The number of likely N-dealkylation sites (tertiary alicyclic amines) is 1. The highest BCUT2D eigenvalue weighted by Crippen LogP contribution is 2.20. The largest absolute Gasteiger partial charge is 0.338 e. The predicted octanol–water partition coefficient (Wildman–Crippen LogP) is 0.713. The Balaban J connectivity index is 1.61. The Hall–Kier alpha value is -1.96. The quantitative estimate of drug-likeness (QED) is 0.803. The summed E-state index contributed by atoms with van der Waals surface area (Å²) in [6.07, 6.45) is 0. The van der Waals surface area contributed by atoms with Gasteiger partial charge in [0.15, 0.2) is 9.84 Å². The SMILES string of the molecule is CC(C)CS(=O)(=O)C1CN(C(=O)Cn2nnc3ccccc32)C1. The molecule has 2 heterocycles. The molecule has 1 saturated heterocycles. The van der Waals surface area contributed by atoms with E-state index in [0.29, 0.717) is 0 Å². The van der Waals surface area contributed by atoms with Gasteiger partial charge in [0.25, 0.3) is 0 Å². The van der Waals surface area contributed by atoms with Crippen LogP contribution in [-0.4, -0.2) is 58.3 Å². The van der Waals surface area contributed by atoms with Crippen molar-refractivity contribution in [1.29, 1.82) is 0 Å². The molecule has 0 bridgehead atoms. The van der Waals surface area contributed by atoms with E-state index in [9.17, 15) is 13.2 Å². The van der Waals surface area contributed by atoms with Crippen molar-refractivity contribution >= 4 is 26.8 Å². The van der Waals surface area contributed by atoms with Gasteiger partial charge in [-0.25, -0.2) is 13.1 Å². The van der Waals surface area contributed by atoms with Gasteiger partial charge in [0.1, 0.15) is 12.1 Å². The van der Waals surface area contributed by atoms with Gasteiger partial charge in [0.2, 0.25) is 5.91 Å². The molecule has 1 aliphatic rings. The van der Waals surface area contributed by atoms with Crippen molar-refractivity contribution < 1.29 is 13.2 Å². The predicted molar refractivity (Wildman–Crippen MR) is 86.5 cm³/mol. The van der Waals surface area contributed by atoms with Crippen molar-refractivity contribution in [1.82, 2.24) is 19.9 Å². The second-order valence-electron chi connectivity index (χ2n) is 6.38. The first kappa shape index (κ1) is 15.9. The first-order valence-corrected chi connectivity index (χ1v) is 9.36. The second-order valence-corrected chi connectivity index (χ2v) is 8.71. The smallest absolute Gasteiger partial charge is 0.244 e. The molecule has 3 rings (SSSR count). The van der Waals surface area contributed by atoms with Crippen LogP contribution in [0.4, 0.5) is 0 Å². The molecular weight excluding hydrogens is 316 g/mol. The Morgan fingerprint density at radius 3 is 2.70 bits per heavy atom. The summed E-state index contributed by atoms with van der Waals surface area (Å²) in [5.41, 5.74) is 1.53. The van der Waals surface area contributed by atoms with Crippen LogP contribution in [0.2, 0.25) is 0 Å². The number of fused-ring (bicyclic) bond motifs is 1. The minimum atomic E-state index is -3.11. The number of aromatic nitrogens is 3. The van der Waals surface area contributed by atoms with Crippen molar-refractivity contribution in [2.45, 2.75) is 25.6 Å². The van der Waals surface area contributed by atoms with E-state index in [2.05, 4.69) is 10.3 Å². The average molecular weight is 336 g/mol. The van der Waals surface area contributed by atoms with Crippen molar-refractivity contribution in [3.63, 3.8) is 0 Å². The molecule has 0 atom stereocenters. The van der Waals surface area contributed by atoms with Crippen LogP contribution in [0.5, 0.6) is 0 Å². The number of nitrogens with zero attached hydrogens (tertiary/aromatic N) is 4. The molecule has 0 unspecified atom stereocenters. The minimum Gasteiger partial charge on any atom is -0.338 e. The number of rotatable bonds is 5. The first-order chi connectivity index (χ1) is 10.9. The van der Waals surface area contributed by atoms with E-state index in [1.807, 2.05) is 38.1 Å². The van der Waals surface area contributed by atoms with Crippen LogP contribution < -0.4 is 0 Å². The normalized spacial score (nSPS) is 16.0. The van der Waals surface area contributed by atoms with Crippen molar-refractivity contribution in [2.75, 3.05) is 18.8 Å². The maximum absolute atomic E-state index is 12.3. The van der Waals surface area contributed by atoms with E-state index < -0.39 is 15.1 Å². The van der Waals surface area contributed by atoms with Crippen LogP contribution in [0.3, 0.4) is 0 Å². The lowest BCUT2D eigenvalue weighted by atomic mass is 10.2. The Morgan fingerprint density at radius 1 is 1.30 bits per heavy atom. The average Bonchev–Trinajstić information content (AvgIpc) is 2.78. The topological polar surface area (TPSA) is 85.2 Å². The van der Waals surface area contributed by atoms with Gasteiger partial charge in [0, 0.05) is 13.1 Å². The molecule has 1 amide bonds. The molecule has 2 aromatic rings. The zero-order valence-corrected chi connectivity index (χ0v) is 14.0. The van der Waals surface area contributed by atoms with Crippen LogP contribution in [0, 0.1) is 5.92 Å². The highest BCUT2D eigenvalue weighted by atomic mass is 32.2. The standard InChI is InChI=1S/C15H20N4O3S/c1-11(2)10-23(21,22)12-7-18(8-12)15(20)9-19-14-6-4-3-5-13(14)16-17-19/h3-6,11-12H,7-10H2,1-2H3. The summed E-state index contributed by atoms with van der Waals surface area (Å²) in [5.74, 6) is 0.149. The number of benzene rings is 1. The number of hydrogen-bond donors (Lipinski definition) is 0. The van der Waals surface area contributed by atoms with Gasteiger partial charge >= 0.3 is 0 Å². The molecule has 23 heavy (non-hydrogen) atoms. The summed E-state index contributed by atoms with van der Waals surface area (Å²) < 4.78 is 25.8. The zero-order chi connectivity index (χ0) is 16.6. The lowest BCUT2D eigenvalue weighted by Gasteiger charge is -2.38. The lowest BCUT2D eigenvalue weighted by molar-refractivity contribution is -0.135. The van der Waals surface area contributed by atoms with Gasteiger partial charge in [-0.05, 0) is 18.1 Å². The van der Waals surface area contributed by atoms with E-state index in [0.717, 1.165) is 11.0 Å². The zero-order valence-electron chi connectivity index (χ0n) is 13.2. The van der Waals surface area contributed by atoms with Gasteiger partial charge in [-0.15, -0.1) is 5.10 Å². The molecular formula is C15H20N4O3S. The summed E-state index contributed by atoms with van der Waals surface area (Å²) in [6.45, 7) is 4.41. The van der Waals surface area contributed by atoms with Gasteiger partial charge in [-0.1, -0.05) is 31.2 Å². The van der Waals surface area contributed by atoms with Crippen LogP contribution >= 0.6 is 0 Å². The van der Waals surface area contributed by atoms with E-state index in [-0.39, 0.29) is 37.2 Å². The third-order valence-electron chi connectivity index (χ3n) is 3.98. The number of para-hydroxylation sites is 1. The molecule has 8 heteroatoms. The van der Waals surface area contributed by atoms with Crippen LogP contribution in [-0.2, 0) is 21.2 Å². The van der Waals surface area contributed by atoms with Crippen molar-refractivity contribution in [3.05, 3.63) is 24.3 Å². The Bertz CT molecular complexity index is 822. The van der Waals surface area contributed by atoms with Crippen molar-refractivity contribution in [2.24, 2.45) is 5.92 Å². The maximum Gasteiger partial charge on any atom is 0.244 e. The van der Waals surface area contributed by atoms with Gasteiger partial charge in [-0.2, -0.15) is 0 Å². The summed E-state index contributed by atoms with van der Waals surface area (Å²) in [5, 5.41) is 7.56. The Morgan fingerprint density at radius 2 is 2.00 bits per heavy atom. The summed E-state index contributed by atoms with van der Waals surface area (Å²) in [7, 11) is -3.11. The molecule has 1 fully saturated rings. The molecule has 1 aromatic heterocycles. The van der Waals surface area contributed by atoms with Gasteiger partial charge in [0.05, 0.1) is 16.5 Å². The van der Waals surface area contributed by atoms with E-state index >= 15 is 0 Å². The number of carbonyl (C=O) groups excluding carboxylic acids is 1. The monoisotopic (exact) mass is 336 g/mol. The van der Waals surface area contributed by atoms with Gasteiger partial charge < -0.3 is 4.90 Å². The number of sulfone groups is 1. The molecule has 0 spiro atoms. The molecule has 1 aliphatic heterocycles. The summed E-state index contributed by atoms with van der Waals surface area (Å²) >= 11 is 0. The van der Waals surface area contributed by atoms with Gasteiger partial charge in [-0.3, -0.25) is 4.79 Å². The highest BCUT2D eigenvalue weighted by molar-refractivity contribution is 7.92. The molecule has 0 N–H and O–H groups in total. The van der Waals surface area contributed by atoms with Crippen LogP contribution in [0.15, 0.2) is 24.3 Å². The van der Waals surface area contributed by atoms with E-state index in [4.69, 9.17) is 0 Å². The summed E-state index contributed by atoms with van der Waals surface area (Å²) in [6, 6.07) is 7.42. The molecule has 0 aliphatic carbocycles. The number of amides is 1. The lowest BCUT2D eigenvalue weighted by Crippen LogP contribution is -2.58. The Labute approximate surface area is 135 Å². The molecule has 7 nitrogen and oxygen atoms in total. The van der Waals surface area contributed by atoms with Crippen LogP contribution in [0.1, 0.15) is 13.8 Å². The fourth-order valence-corrected chi connectivity index (χ4v) is 4.75. The summed E-state index contributed by atoms with van der Waals surface area (Å²) in [4.78, 5) is 13.8. The fourth-order valence-electron chi connectivity index (χ4n) is 2.73. The second kappa shape index (κ2) is 5.92. The van der Waals surface area contributed by atoms with E-state index in [1.165, 1.54) is 0 Å². The number of hydrogen-bond acceptors (Lipinski definition) is 5. The number of carbonyl (C=O) groups is 1. The fraction of sp³-hybridized carbons (Fsp3) is 0.533. The molecule has 0 radical (unpaired) electrons.